The van der Waals surface area contributed by atoms with Crippen LogP contribution in [-0.2, 0) is 6.73 Å². The van der Waals surface area contributed by atoms with Gasteiger partial charge in [-0.1, -0.05) is 17.7 Å². The molecule has 1 N–H and O–H groups in total. The van der Waals surface area contributed by atoms with Crippen molar-refractivity contribution >= 4 is 23.2 Å². The number of carbonyl (C=O) groups excluding carboxylic acids is 1. The second kappa shape index (κ2) is 7.76. The van der Waals surface area contributed by atoms with E-state index in [1.165, 1.54) is 10.9 Å². The zero-order valence-electron chi connectivity index (χ0n) is 14.0. The van der Waals surface area contributed by atoms with E-state index in [1.807, 2.05) is 0 Å². The van der Waals surface area contributed by atoms with Crippen LogP contribution in [-0.4, -0.2) is 50.1 Å². The molecule has 1 unspecified atom stereocenters. The molecule has 0 bridgehead atoms. The Kier molecular flexibility index (Phi) is 5.57. The van der Waals surface area contributed by atoms with E-state index in [9.17, 15) is 27.5 Å². The van der Waals surface area contributed by atoms with Gasteiger partial charge in [-0.3, -0.25) is 4.79 Å². The molecule has 1 atom stereocenters. The fourth-order valence-corrected chi connectivity index (χ4v) is 2.64. The van der Waals surface area contributed by atoms with E-state index in [1.54, 1.807) is 24.3 Å². The molecule has 1 aromatic carbocycles. The quantitative estimate of drug-likeness (QED) is 0.729. The normalized spacial score (nSPS) is 19.4. The zero-order valence-corrected chi connectivity index (χ0v) is 14.7. The molecular weight excluding hydrogens is 408 g/mol. The molecule has 1 aromatic heterocycles. The van der Waals surface area contributed by atoms with Crippen molar-refractivity contribution in [1.29, 1.82) is 0 Å². The van der Waals surface area contributed by atoms with Gasteiger partial charge in [0.25, 0.3) is 18.8 Å². The first kappa shape index (κ1) is 20.1. The first-order valence-corrected chi connectivity index (χ1v) is 8.21. The summed E-state index contributed by atoms with van der Waals surface area (Å²) in [7, 11) is 0. The van der Waals surface area contributed by atoms with Crippen LogP contribution in [0.4, 0.5) is 17.6 Å². The lowest BCUT2D eigenvalue weighted by Crippen LogP contribution is -2.51. The third-order valence-electron chi connectivity index (χ3n) is 3.85. The Labute approximate surface area is 160 Å². The molecule has 0 fully saturated rings. The van der Waals surface area contributed by atoms with E-state index in [0.29, 0.717) is 10.8 Å². The molecule has 2 aromatic rings. The molecule has 7 nitrogen and oxygen atoms in total. The monoisotopic (exact) mass is 420 g/mol. The zero-order chi connectivity index (χ0) is 20.5. The number of carbonyl (C=O) groups is 1. The van der Waals surface area contributed by atoms with Crippen molar-refractivity contribution in [3.05, 3.63) is 47.2 Å². The van der Waals surface area contributed by atoms with Gasteiger partial charge in [0.1, 0.15) is 11.5 Å². The molecule has 28 heavy (non-hydrogen) atoms. The molecule has 2 heterocycles. The predicted octanol–water partition coefficient (Wildman–Crippen LogP) is 2.99. The Morgan fingerprint density at radius 1 is 1.32 bits per heavy atom. The molecule has 1 aliphatic heterocycles. The van der Waals surface area contributed by atoms with E-state index in [-0.39, 0.29) is 17.4 Å². The summed E-state index contributed by atoms with van der Waals surface area (Å²) < 4.78 is 58.6. The molecule has 0 radical (unpaired) electrons. The van der Waals surface area contributed by atoms with Crippen molar-refractivity contribution in [3.63, 3.8) is 0 Å². The van der Waals surface area contributed by atoms with Gasteiger partial charge in [0.15, 0.2) is 12.4 Å². The molecule has 1 amide bonds. The van der Waals surface area contributed by atoms with Crippen LogP contribution in [0.25, 0.3) is 0 Å². The molecule has 150 valence electrons. The van der Waals surface area contributed by atoms with Crippen LogP contribution in [0.15, 0.2) is 41.6 Å². The van der Waals surface area contributed by atoms with Gasteiger partial charge in [-0.25, -0.2) is 22.2 Å². The Balaban J connectivity index is 1.75. The number of hydrogen-bond acceptors (Lipinski definition) is 5. The Hall–Kier alpha value is -2.66. The fraction of sp³-hybridized carbons (Fsp3) is 0.312. The molecule has 0 saturated heterocycles. The highest BCUT2D eigenvalue weighted by atomic mass is 35.5. The SMILES string of the molecule is O=C(c1ccn(COc2cccc(Cl)c2)n1)N1N=C(C(F)F)CC1(O)C(F)F. The van der Waals surface area contributed by atoms with Crippen LogP contribution in [0.5, 0.6) is 5.75 Å². The largest absolute Gasteiger partial charge is 0.471 e. The number of halogens is 5. The van der Waals surface area contributed by atoms with E-state index >= 15 is 0 Å². The fourth-order valence-electron chi connectivity index (χ4n) is 2.46. The number of aliphatic hydroxyl groups is 1. The number of ether oxygens (including phenoxy) is 1. The summed E-state index contributed by atoms with van der Waals surface area (Å²) >= 11 is 5.83. The number of nitrogens with zero attached hydrogens (tertiary/aromatic N) is 4. The molecule has 1 aliphatic rings. The van der Waals surface area contributed by atoms with Gasteiger partial charge in [-0.2, -0.15) is 15.2 Å². The summed E-state index contributed by atoms with van der Waals surface area (Å²) in [5.74, 6) is -0.825. The van der Waals surface area contributed by atoms with Gasteiger partial charge < -0.3 is 9.84 Å². The summed E-state index contributed by atoms with van der Waals surface area (Å²) in [5.41, 5.74) is -4.56. The van der Waals surface area contributed by atoms with Gasteiger partial charge in [0, 0.05) is 17.6 Å². The molecule has 0 aliphatic carbocycles. The summed E-state index contributed by atoms with van der Waals surface area (Å²) in [4.78, 5) is 12.4. The topological polar surface area (TPSA) is 80.0 Å². The average molecular weight is 421 g/mol. The maximum atomic E-state index is 13.2. The van der Waals surface area contributed by atoms with E-state index in [0.717, 1.165) is 6.07 Å². The summed E-state index contributed by atoms with van der Waals surface area (Å²) in [6, 6.07) is 7.64. The Bertz CT molecular complexity index is 908. The van der Waals surface area contributed by atoms with Crippen LogP contribution in [0.3, 0.4) is 0 Å². The van der Waals surface area contributed by atoms with Gasteiger partial charge >= 0.3 is 0 Å². The number of aromatic nitrogens is 2. The molecule has 3 rings (SSSR count). The highest BCUT2D eigenvalue weighted by Crippen LogP contribution is 2.34. The van der Waals surface area contributed by atoms with Crippen molar-refractivity contribution in [2.75, 3.05) is 0 Å². The lowest BCUT2D eigenvalue weighted by molar-refractivity contribution is -0.164. The predicted molar refractivity (Wildman–Crippen MR) is 89.5 cm³/mol. The highest BCUT2D eigenvalue weighted by Gasteiger charge is 2.53. The van der Waals surface area contributed by atoms with Crippen LogP contribution < -0.4 is 4.74 Å². The van der Waals surface area contributed by atoms with Crippen LogP contribution in [0, 0.1) is 0 Å². The third kappa shape index (κ3) is 3.94. The van der Waals surface area contributed by atoms with Crippen LogP contribution in [0.2, 0.25) is 5.02 Å². The van der Waals surface area contributed by atoms with Crippen molar-refractivity contribution in [2.24, 2.45) is 5.10 Å². The van der Waals surface area contributed by atoms with Crippen molar-refractivity contribution in [1.82, 2.24) is 14.8 Å². The lowest BCUT2D eigenvalue weighted by atomic mass is 10.1. The van der Waals surface area contributed by atoms with E-state index < -0.39 is 36.6 Å². The lowest BCUT2D eigenvalue weighted by Gasteiger charge is -2.29. The molecule has 0 spiro atoms. The second-order valence-corrected chi connectivity index (χ2v) is 6.27. The first-order chi connectivity index (χ1) is 13.2. The molecule has 12 heteroatoms. The number of benzene rings is 1. The minimum absolute atomic E-state index is 0.0519. The van der Waals surface area contributed by atoms with Gasteiger partial charge in [0.2, 0.25) is 5.72 Å². The summed E-state index contributed by atoms with van der Waals surface area (Å²) in [6.07, 6.45) is -6.55. The smallest absolute Gasteiger partial charge is 0.297 e. The van der Waals surface area contributed by atoms with Gasteiger partial charge in [-0.05, 0) is 24.3 Å². The number of rotatable bonds is 6. The first-order valence-electron chi connectivity index (χ1n) is 7.83. The number of amides is 1. The van der Waals surface area contributed by atoms with Gasteiger partial charge in [-0.15, -0.1) is 0 Å². The average Bonchev–Trinajstić information content (AvgIpc) is 3.25. The summed E-state index contributed by atoms with van der Waals surface area (Å²) in [6.45, 7) is -0.141. The van der Waals surface area contributed by atoms with E-state index in [4.69, 9.17) is 16.3 Å². The maximum absolute atomic E-state index is 13.2. The number of hydrogen-bond donors (Lipinski definition) is 1. The summed E-state index contributed by atoms with van der Waals surface area (Å²) in [5, 5.41) is 17.4. The number of alkyl halides is 4. The number of hydrazone groups is 1. The minimum atomic E-state index is -3.51. The standard InChI is InChI=1S/C16H13ClF4N4O3/c17-9-2-1-3-10(6-9)28-8-24-5-4-11(22-24)14(26)25-16(27,15(20)21)7-12(23-25)13(18)19/h1-6,13,15,27H,7-8H2. The third-order valence-corrected chi connectivity index (χ3v) is 4.08. The van der Waals surface area contributed by atoms with Gasteiger partial charge in [0.05, 0.1) is 0 Å². The van der Waals surface area contributed by atoms with Crippen molar-refractivity contribution in [2.45, 2.75) is 31.7 Å². The minimum Gasteiger partial charge on any atom is -0.471 e. The molecular formula is C16H13ClF4N4O3. The van der Waals surface area contributed by atoms with E-state index in [2.05, 4.69) is 10.2 Å². The van der Waals surface area contributed by atoms with Crippen molar-refractivity contribution < 1.29 is 32.2 Å². The highest BCUT2D eigenvalue weighted by molar-refractivity contribution is 6.30. The Morgan fingerprint density at radius 2 is 2.07 bits per heavy atom. The Morgan fingerprint density at radius 3 is 2.71 bits per heavy atom. The molecule has 0 saturated carbocycles. The van der Waals surface area contributed by atoms with Crippen molar-refractivity contribution in [3.8, 4) is 5.75 Å². The van der Waals surface area contributed by atoms with Crippen LogP contribution >= 0.6 is 11.6 Å². The van der Waals surface area contributed by atoms with Crippen LogP contribution in [0.1, 0.15) is 16.9 Å². The second-order valence-electron chi connectivity index (χ2n) is 5.84. The maximum Gasteiger partial charge on any atom is 0.297 e.